The lowest BCUT2D eigenvalue weighted by Gasteiger charge is -2.56. The molecule has 0 amide bonds. The van der Waals surface area contributed by atoms with Gasteiger partial charge in [0.15, 0.2) is 11.7 Å². The first-order valence-electron chi connectivity index (χ1n) is 12.7. The molecule has 1 spiro atoms. The van der Waals surface area contributed by atoms with Gasteiger partial charge in [0.2, 0.25) is 0 Å². The molecule has 6 aliphatic rings. The Labute approximate surface area is 212 Å². The van der Waals surface area contributed by atoms with Crippen molar-refractivity contribution in [3.05, 3.63) is 35.8 Å². The molecule has 1 aromatic rings. The van der Waals surface area contributed by atoms with E-state index >= 15 is 0 Å². The number of methoxy groups -OCH3 is 1. The maximum Gasteiger partial charge on any atom is 0.340 e. The van der Waals surface area contributed by atoms with Crippen molar-refractivity contribution in [3.8, 4) is 0 Å². The molecule has 1 saturated heterocycles. The molecule has 1 unspecified atom stereocenters. The third-order valence-electron chi connectivity index (χ3n) is 11.6. The van der Waals surface area contributed by atoms with Crippen LogP contribution in [0.15, 0.2) is 34.7 Å². The van der Waals surface area contributed by atoms with Gasteiger partial charge in [-0.25, -0.2) is 14.4 Å². The van der Waals surface area contributed by atoms with Crippen LogP contribution in [0.2, 0.25) is 0 Å². The van der Waals surface area contributed by atoms with Crippen LogP contribution < -0.4 is 0 Å². The Morgan fingerprint density at radius 3 is 2.59 bits per heavy atom. The molecule has 5 fully saturated rings. The van der Waals surface area contributed by atoms with Crippen molar-refractivity contribution in [2.45, 2.75) is 69.0 Å². The average molecular weight is 515 g/mol. The Hall–Kier alpha value is -2.69. The fourth-order valence-corrected chi connectivity index (χ4v) is 10.5. The number of hydrogen-bond acceptors (Lipinski definition) is 10. The van der Waals surface area contributed by atoms with Crippen LogP contribution in [0.5, 0.6) is 0 Å². The highest BCUT2D eigenvalue weighted by molar-refractivity contribution is 5.91. The number of rotatable bonds is 3. The summed E-state index contributed by atoms with van der Waals surface area (Å²) < 4.78 is 22.1. The summed E-state index contributed by atoms with van der Waals surface area (Å²) in [6.07, 6.45) is 2.86. The summed E-state index contributed by atoms with van der Waals surface area (Å²) in [7, 11) is 1.16. The van der Waals surface area contributed by atoms with Crippen molar-refractivity contribution in [1.82, 2.24) is 0 Å². The number of hydrogen-bond donors (Lipinski definition) is 3. The number of ether oxygens (including phenoxy) is 3. The molecule has 4 saturated carbocycles. The summed E-state index contributed by atoms with van der Waals surface area (Å²) in [6, 6.07) is 1.72. The number of carbonyl (C=O) groups excluding carboxylic acids is 3. The molecule has 2 aliphatic heterocycles. The van der Waals surface area contributed by atoms with Crippen LogP contribution in [-0.4, -0.2) is 63.2 Å². The summed E-state index contributed by atoms with van der Waals surface area (Å²) in [4.78, 5) is 39.4. The van der Waals surface area contributed by atoms with Gasteiger partial charge in [-0.1, -0.05) is 20.8 Å². The number of aliphatic hydroxyl groups excluding tert-OH is 1. The molecule has 0 aromatic carbocycles. The first-order valence-corrected chi connectivity index (χ1v) is 12.7. The summed E-state index contributed by atoms with van der Waals surface area (Å²) in [5.41, 5.74) is -7.58. The average Bonchev–Trinajstić information content (AvgIpc) is 3.55. The van der Waals surface area contributed by atoms with Crippen LogP contribution in [0.4, 0.5) is 0 Å². The fraction of sp³-hybridized carbons (Fsp3) is 0.667. The zero-order chi connectivity index (χ0) is 26.6. The van der Waals surface area contributed by atoms with Crippen molar-refractivity contribution >= 4 is 17.9 Å². The van der Waals surface area contributed by atoms with Crippen molar-refractivity contribution in [2.75, 3.05) is 7.11 Å². The zero-order valence-electron chi connectivity index (χ0n) is 21.0. The molecule has 4 aliphatic carbocycles. The van der Waals surface area contributed by atoms with Crippen molar-refractivity contribution in [1.29, 1.82) is 0 Å². The van der Waals surface area contributed by atoms with Gasteiger partial charge in [-0.15, -0.1) is 0 Å². The second-order valence-electron chi connectivity index (χ2n) is 12.6. The van der Waals surface area contributed by atoms with Crippen LogP contribution in [-0.2, 0) is 28.6 Å². The van der Waals surface area contributed by atoms with Gasteiger partial charge in [0.1, 0.15) is 11.7 Å². The number of furan rings is 1. The maximum atomic E-state index is 13.7. The first kappa shape index (κ1) is 23.4. The minimum atomic E-state index is -2.19. The molecule has 7 rings (SSSR count). The second kappa shape index (κ2) is 6.30. The third kappa shape index (κ3) is 2.01. The van der Waals surface area contributed by atoms with Crippen LogP contribution in [0.3, 0.4) is 0 Å². The molecule has 1 aromatic heterocycles. The fourth-order valence-electron chi connectivity index (χ4n) is 10.5. The Bertz CT molecular complexity index is 1300. The molecule has 3 heterocycles. The maximum absolute atomic E-state index is 13.7. The molecule has 37 heavy (non-hydrogen) atoms. The van der Waals surface area contributed by atoms with Gasteiger partial charge in [0.05, 0.1) is 31.2 Å². The topological polar surface area (TPSA) is 153 Å². The van der Waals surface area contributed by atoms with Crippen molar-refractivity contribution in [3.63, 3.8) is 0 Å². The van der Waals surface area contributed by atoms with Gasteiger partial charge < -0.3 is 33.9 Å². The molecular weight excluding hydrogens is 484 g/mol. The van der Waals surface area contributed by atoms with Gasteiger partial charge in [0.25, 0.3) is 0 Å². The van der Waals surface area contributed by atoms with E-state index in [1.807, 2.05) is 13.8 Å². The van der Waals surface area contributed by atoms with Gasteiger partial charge >= 0.3 is 17.9 Å². The molecule has 198 valence electrons. The summed E-state index contributed by atoms with van der Waals surface area (Å²) in [6.45, 7) is 5.38. The lowest BCUT2D eigenvalue weighted by atomic mass is 9.51. The van der Waals surface area contributed by atoms with E-state index in [2.05, 4.69) is 0 Å². The minimum absolute atomic E-state index is 0.0106. The Morgan fingerprint density at radius 2 is 1.95 bits per heavy atom. The van der Waals surface area contributed by atoms with Gasteiger partial charge in [-0.3, -0.25) is 0 Å². The van der Waals surface area contributed by atoms with E-state index in [4.69, 9.17) is 18.6 Å². The standard InChI is InChI=1S/C27H30O10/c1-22-7-5-13-24(3)17(16(29)19(30)34-4)23(2)11-25(24,32)20-26(13,37-21(31)27(20,23)33)14(22)9-15(28)36-18(22)12-6-8-35-10-12/h6,8-10,13,16-18,20,29,32-33H,5,7,11H2,1-4H3/t13?,16-,17+,18+,20+,22-,23-,24-,25-,26+,27-/m1/s1. The number of fused-ring (bicyclic) bond motifs is 4. The smallest absolute Gasteiger partial charge is 0.340 e. The SMILES string of the molecule is COC(=O)[C@H](O)[C@H]1[C@@]2(C)C[C@@]3(O)[C@H]4[C@@]5(OC(=O)[C@]42O)C2=CC(=O)O[C@@H](c4ccoc4)[C@]2(C)CCC5[C@]13C. The minimum Gasteiger partial charge on any atom is -0.472 e. The highest BCUT2D eigenvalue weighted by Crippen LogP contribution is 2.89. The Balaban J connectivity index is 1.50. The lowest BCUT2D eigenvalue weighted by Crippen LogP contribution is -2.65. The highest BCUT2D eigenvalue weighted by atomic mass is 16.6. The molecular formula is C27H30O10. The van der Waals surface area contributed by atoms with E-state index in [9.17, 15) is 29.7 Å². The number of aliphatic hydroxyl groups is 3. The Morgan fingerprint density at radius 1 is 1.22 bits per heavy atom. The van der Waals surface area contributed by atoms with Gasteiger partial charge in [-0.05, 0) is 30.9 Å². The normalized spacial score (nSPS) is 53.2. The largest absolute Gasteiger partial charge is 0.472 e. The second-order valence-corrected chi connectivity index (χ2v) is 12.6. The van der Waals surface area contributed by atoms with E-state index < -0.39 is 80.9 Å². The lowest BCUT2D eigenvalue weighted by molar-refractivity contribution is -0.219. The number of carbonyl (C=O) groups is 3. The van der Waals surface area contributed by atoms with Gasteiger partial charge in [-0.2, -0.15) is 0 Å². The number of esters is 3. The summed E-state index contributed by atoms with van der Waals surface area (Å²) in [5.74, 6) is -5.10. The summed E-state index contributed by atoms with van der Waals surface area (Å²) >= 11 is 0. The molecule has 11 atom stereocenters. The molecule has 2 bridgehead atoms. The van der Waals surface area contributed by atoms with Crippen LogP contribution in [0.25, 0.3) is 0 Å². The van der Waals surface area contributed by atoms with Crippen LogP contribution in [0, 0.1) is 34.0 Å². The molecule has 0 radical (unpaired) electrons. The number of cyclic esters (lactones) is 1. The van der Waals surface area contributed by atoms with E-state index in [1.165, 1.54) is 18.6 Å². The Kier molecular flexibility index (Phi) is 3.99. The van der Waals surface area contributed by atoms with Crippen molar-refractivity contribution < 1.29 is 48.3 Å². The van der Waals surface area contributed by atoms with Crippen molar-refractivity contribution in [2.24, 2.45) is 34.0 Å². The van der Waals surface area contributed by atoms with E-state index in [0.717, 1.165) is 7.11 Å². The molecule has 3 N–H and O–H groups in total. The van der Waals surface area contributed by atoms with Gasteiger partial charge in [0, 0.05) is 39.7 Å². The summed E-state index contributed by atoms with van der Waals surface area (Å²) in [5, 5.41) is 36.0. The third-order valence-corrected chi connectivity index (χ3v) is 11.6. The van der Waals surface area contributed by atoms with Crippen LogP contribution in [0.1, 0.15) is 51.7 Å². The molecule has 10 heteroatoms. The van der Waals surface area contributed by atoms with Crippen LogP contribution >= 0.6 is 0 Å². The molecule has 10 nitrogen and oxygen atoms in total. The predicted octanol–water partition coefficient (Wildman–Crippen LogP) is 1.19. The van der Waals surface area contributed by atoms with E-state index in [0.29, 0.717) is 24.0 Å². The zero-order valence-corrected chi connectivity index (χ0v) is 21.0. The van der Waals surface area contributed by atoms with E-state index in [-0.39, 0.29) is 6.42 Å². The quantitative estimate of drug-likeness (QED) is 0.396. The monoisotopic (exact) mass is 514 g/mol. The highest BCUT2D eigenvalue weighted by Gasteiger charge is 2.99. The first-order chi connectivity index (χ1) is 17.3. The van der Waals surface area contributed by atoms with E-state index in [1.54, 1.807) is 13.0 Å². The predicted molar refractivity (Wildman–Crippen MR) is 121 cm³/mol.